The number of hydrogen-bond acceptors (Lipinski definition) is 6. The van der Waals surface area contributed by atoms with Crippen molar-refractivity contribution < 1.29 is 23.8 Å². The zero-order valence-electron chi connectivity index (χ0n) is 17.8. The number of methoxy groups -OCH3 is 1. The van der Waals surface area contributed by atoms with Crippen molar-refractivity contribution in [3.8, 4) is 11.5 Å². The number of amides is 2. The van der Waals surface area contributed by atoms with Crippen molar-refractivity contribution in [3.63, 3.8) is 0 Å². The molecule has 1 aliphatic carbocycles. The Balaban J connectivity index is 1.57. The first-order valence-electron chi connectivity index (χ1n) is 10.2. The van der Waals surface area contributed by atoms with Gasteiger partial charge in [0.25, 0.3) is 11.8 Å². The molecular formula is C24H23N3O5. The second-order valence-corrected chi connectivity index (χ2v) is 7.41. The Kier molecular flexibility index (Phi) is 5.93. The molecular weight excluding hydrogens is 410 g/mol. The molecule has 0 bridgehead atoms. The highest BCUT2D eigenvalue weighted by Crippen LogP contribution is 2.31. The lowest BCUT2D eigenvalue weighted by Gasteiger charge is -2.13. The van der Waals surface area contributed by atoms with E-state index in [1.165, 1.54) is 31.4 Å². The zero-order chi connectivity index (χ0) is 22.7. The van der Waals surface area contributed by atoms with Crippen LogP contribution >= 0.6 is 0 Å². The number of benzene rings is 2. The van der Waals surface area contributed by atoms with E-state index >= 15 is 0 Å². The number of hydrazone groups is 1. The van der Waals surface area contributed by atoms with Crippen LogP contribution in [0.25, 0.3) is 0 Å². The molecule has 0 atom stereocenters. The third-order valence-corrected chi connectivity index (χ3v) is 5.31. The highest BCUT2D eigenvalue weighted by molar-refractivity contribution is 6.10. The van der Waals surface area contributed by atoms with Gasteiger partial charge in [0, 0.05) is 23.1 Å². The van der Waals surface area contributed by atoms with Gasteiger partial charge < -0.3 is 19.6 Å². The number of nitrogens with one attached hydrogen (secondary N) is 2. The Hall–Kier alpha value is -4.07. The van der Waals surface area contributed by atoms with Crippen LogP contribution in [0.2, 0.25) is 0 Å². The first-order chi connectivity index (χ1) is 15.5. The maximum absolute atomic E-state index is 12.9. The van der Waals surface area contributed by atoms with Gasteiger partial charge in [0.15, 0.2) is 5.76 Å². The largest absolute Gasteiger partial charge is 0.508 e. The lowest BCUT2D eigenvalue weighted by Crippen LogP contribution is -2.22. The van der Waals surface area contributed by atoms with Crippen LogP contribution in [0.1, 0.15) is 50.6 Å². The quantitative estimate of drug-likeness (QED) is 0.526. The first-order valence-corrected chi connectivity index (χ1v) is 10.2. The first kappa shape index (κ1) is 21.2. The third kappa shape index (κ3) is 4.20. The molecule has 0 aliphatic heterocycles. The number of ether oxygens (including phenoxy) is 1. The predicted octanol–water partition coefficient (Wildman–Crippen LogP) is 4.02. The summed E-state index contributed by atoms with van der Waals surface area (Å²) in [6.45, 7) is 1.81. The van der Waals surface area contributed by atoms with Crippen molar-refractivity contribution in [2.45, 2.75) is 26.2 Å². The number of para-hydroxylation sites is 2. The molecule has 3 N–H and O–H groups in total. The van der Waals surface area contributed by atoms with Crippen LogP contribution in [0.4, 0.5) is 5.69 Å². The topological polar surface area (TPSA) is 113 Å². The third-order valence-electron chi connectivity index (χ3n) is 5.31. The Labute approximate surface area is 184 Å². The van der Waals surface area contributed by atoms with Gasteiger partial charge in [-0.1, -0.05) is 12.1 Å². The average Bonchev–Trinajstić information content (AvgIpc) is 3.15. The van der Waals surface area contributed by atoms with Crippen LogP contribution in [0.5, 0.6) is 11.5 Å². The van der Waals surface area contributed by atoms with Gasteiger partial charge in [-0.15, -0.1) is 0 Å². The summed E-state index contributed by atoms with van der Waals surface area (Å²) in [5.41, 5.74) is 5.57. The molecule has 0 spiro atoms. The van der Waals surface area contributed by atoms with Crippen LogP contribution in [-0.4, -0.2) is 29.7 Å². The summed E-state index contributed by atoms with van der Waals surface area (Å²) in [4.78, 5) is 25.3. The maximum Gasteiger partial charge on any atom is 0.291 e. The number of phenolic OH excluding ortho intramolecular Hbond substituents is 1. The number of hydrogen-bond donors (Lipinski definition) is 3. The van der Waals surface area contributed by atoms with Crippen molar-refractivity contribution in [1.29, 1.82) is 0 Å². The Bertz CT molecular complexity index is 1190. The number of phenols is 1. The minimum absolute atomic E-state index is 0.0812. The van der Waals surface area contributed by atoms with Gasteiger partial charge in [-0.05, 0) is 56.2 Å². The number of nitrogens with zero attached hydrogens (tertiary/aromatic N) is 1. The van der Waals surface area contributed by atoms with E-state index in [1.54, 1.807) is 18.2 Å². The van der Waals surface area contributed by atoms with Gasteiger partial charge in [0.05, 0.1) is 18.5 Å². The fraction of sp³-hybridized carbons (Fsp3) is 0.208. The van der Waals surface area contributed by atoms with Crippen molar-refractivity contribution >= 4 is 23.2 Å². The minimum atomic E-state index is -0.389. The molecule has 0 saturated carbocycles. The van der Waals surface area contributed by atoms with E-state index in [2.05, 4.69) is 15.8 Å². The van der Waals surface area contributed by atoms with Crippen LogP contribution in [-0.2, 0) is 6.42 Å². The van der Waals surface area contributed by atoms with E-state index in [0.29, 0.717) is 46.9 Å². The molecule has 0 fully saturated rings. The Morgan fingerprint density at radius 1 is 1.06 bits per heavy atom. The van der Waals surface area contributed by atoms with E-state index in [-0.39, 0.29) is 23.3 Å². The highest BCUT2D eigenvalue weighted by atomic mass is 16.5. The van der Waals surface area contributed by atoms with Crippen LogP contribution in [0.3, 0.4) is 0 Å². The number of aryl methyl sites for hydroxylation is 1. The molecule has 2 amide bonds. The number of aromatic hydroxyl groups is 1. The lowest BCUT2D eigenvalue weighted by atomic mass is 9.93. The summed E-state index contributed by atoms with van der Waals surface area (Å²) >= 11 is 0. The van der Waals surface area contributed by atoms with Gasteiger partial charge in [-0.2, -0.15) is 5.10 Å². The maximum atomic E-state index is 12.9. The monoisotopic (exact) mass is 433 g/mol. The van der Waals surface area contributed by atoms with E-state index in [0.717, 1.165) is 12.0 Å². The normalized spacial score (nSPS) is 14.0. The van der Waals surface area contributed by atoms with Crippen molar-refractivity contribution in [2.24, 2.45) is 5.10 Å². The fourth-order valence-corrected chi connectivity index (χ4v) is 3.72. The molecule has 3 aromatic rings. The molecule has 1 heterocycles. The van der Waals surface area contributed by atoms with Gasteiger partial charge >= 0.3 is 0 Å². The summed E-state index contributed by atoms with van der Waals surface area (Å²) < 4.78 is 11.2. The van der Waals surface area contributed by atoms with Crippen molar-refractivity contribution in [2.75, 3.05) is 12.4 Å². The molecule has 0 radical (unpaired) electrons. The number of furan rings is 1. The van der Waals surface area contributed by atoms with Gasteiger partial charge in [-0.3, -0.25) is 9.59 Å². The summed E-state index contributed by atoms with van der Waals surface area (Å²) in [5.74, 6) is 0.748. The SMILES string of the molecule is COc1ccccc1NC(=O)c1oc2c(c1C)/C(=N/NC(=O)c1ccc(O)cc1)CCC2. The number of rotatable bonds is 5. The van der Waals surface area contributed by atoms with E-state index in [9.17, 15) is 14.7 Å². The van der Waals surface area contributed by atoms with Gasteiger partial charge in [0.1, 0.15) is 17.3 Å². The lowest BCUT2D eigenvalue weighted by molar-refractivity contribution is 0.0953. The van der Waals surface area contributed by atoms with Crippen LogP contribution < -0.4 is 15.5 Å². The molecule has 8 heteroatoms. The second kappa shape index (κ2) is 8.97. The van der Waals surface area contributed by atoms with E-state index in [1.807, 2.05) is 13.0 Å². The molecule has 164 valence electrons. The average molecular weight is 433 g/mol. The van der Waals surface area contributed by atoms with Crippen LogP contribution in [0.15, 0.2) is 58.0 Å². The molecule has 32 heavy (non-hydrogen) atoms. The number of anilines is 1. The smallest absolute Gasteiger partial charge is 0.291 e. The molecule has 1 aliphatic rings. The second-order valence-electron chi connectivity index (χ2n) is 7.41. The van der Waals surface area contributed by atoms with E-state index in [4.69, 9.17) is 9.15 Å². The molecule has 8 nitrogen and oxygen atoms in total. The molecule has 0 unspecified atom stereocenters. The standard InChI is InChI=1S/C24H23N3O5/c1-14-21-18(26-27-23(29)15-10-12-16(28)13-11-15)7-5-9-20(21)32-22(14)24(30)25-17-6-3-4-8-19(17)31-2/h3-4,6,8,10-13,28H,5,7,9H2,1-2H3,(H,25,30)(H,27,29)/b26-18+. The summed E-state index contributed by atoms with van der Waals surface area (Å²) in [6.07, 6.45) is 2.13. The number of carbonyl (C=O) groups excluding carboxylic acids is 2. The molecule has 2 aromatic carbocycles. The highest BCUT2D eigenvalue weighted by Gasteiger charge is 2.28. The minimum Gasteiger partial charge on any atom is -0.508 e. The summed E-state index contributed by atoms with van der Waals surface area (Å²) in [6, 6.07) is 13.0. The van der Waals surface area contributed by atoms with E-state index < -0.39 is 0 Å². The fourth-order valence-electron chi connectivity index (χ4n) is 3.72. The zero-order valence-corrected chi connectivity index (χ0v) is 17.8. The predicted molar refractivity (Wildman–Crippen MR) is 119 cm³/mol. The Morgan fingerprint density at radius 2 is 1.81 bits per heavy atom. The van der Waals surface area contributed by atoms with Crippen molar-refractivity contribution in [1.82, 2.24) is 5.43 Å². The Morgan fingerprint density at radius 3 is 2.56 bits per heavy atom. The molecule has 0 saturated heterocycles. The number of fused-ring (bicyclic) bond motifs is 1. The van der Waals surface area contributed by atoms with Crippen molar-refractivity contribution in [3.05, 3.63) is 76.7 Å². The summed E-state index contributed by atoms with van der Waals surface area (Å²) in [5, 5.41) is 16.5. The van der Waals surface area contributed by atoms with Gasteiger partial charge in [0.2, 0.25) is 0 Å². The van der Waals surface area contributed by atoms with Crippen LogP contribution in [0, 0.1) is 6.92 Å². The molecule has 4 rings (SSSR count). The molecule has 1 aromatic heterocycles. The van der Waals surface area contributed by atoms with Gasteiger partial charge in [-0.25, -0.2) is 5.43 Å². The number of carbonyl (C=O) groups is 2. The summed E-state index contributed by atoms with van der Waals surface area (Å²) in [7, 11) is 1.54.